The Morgan fingerprint density at radius 3 is 2.32 bits per heavy atom. The molecule has 1 unspecified atom stereocenters. The van der Waals surface area contributed by atoms with Gasteiger partial charge in [0.25, 0.3) is 11.3 Å². The van der Waals surface area contributed by atoms with Crippen molar-refractivity contribution in [1.82, 2.24) is 15.1 Å². The van der Waals surface area contributed by atoms with E-state index in [0.717, 1.165) is 23.0 Å². The van der Waals surface area contributed by atoms with Crippen LogP contribution in [0, 0.1) is 0 Å². The normalized spacial score (nSPS) is 17.4. The van der Waals surface area contributed by atoms with Crippen molar-refractivity contribution in [3.8, 4) is 5.75 Å². The van der Waals surface area contributed by atoms with Crippen LogP contribution >= 0.6 is 0 Å². The van der Waals surface area contributed by atoms with Gasteiger partial charge >= 0.3 is 12.4 Å². The van der Waals surface area contributed by atoms with Crippen LogP contribution in [0.3, 0.4) is 0 Å². The van der Waals surface area contributed by atoms with E-state index < -0.39 is 64.5 Å². The highest BCUT2D eigenvalue weighted by Crippen LogP contribution is 2.44. The van der Waals surface area contributed by atoms with E-state index in [-0.39, 0.29) is 13.0 Å². The topological polar surface area (TPSA) is 84.2 Å². The number of aromatic nitrogens is 2. The van der Waals surface area contributed by atoms with E-state index in [0.29, 0.717) is 31.2 Å². The summed E-state index contributed by atoms with van der Waals surface area (Å²) in [5.41, 5.74) is -6.03. The second-order valence-corrected chi connectivity index (χ2v) is 9.59. The van der Waals surface area contributed by atoms with Crippen LogP contribution in [-0.2, 0) is 18.1 Å². The number of benzene rings is 1. The van der Waals surface area contributed by atoms with Crippen LogP contribution in [-0.4, -0.2) is 32.5 Å². The molecule has 0 aliphatic heterocycles. The van der Waals surface area contributed by atoms with E-state index in [2.05, 4.69) is 5.10 Å². The number of carbonyl (C=O) groups is 1. The zero-order valence-electron chi connectivity index (χ0n) is 20.5. The van der Waals surface area contributed by atoms with Crippen molar-refractivity contribution in [2.45, 2.75) is 88.6 Å². The molecule has 6 nitrogen and oxygen atoms in total. The second-order valence-electron chi connectivity index (χ2n) is 9.59. The molecule has 1 aliphatic rings. The minimum absolute atomic E-state index is 0.0877. The van der Waals surface area contributed by atoms with Crippen LogP contribution in [0.2, 0.25) is 0 Å². The van der Waals surface area contributed by atoms with Crippen molar-refractivity contribution in [2.75, 3.05) is 0 Å². The monoisotopic (exact) mass is 533 g/mol. The first-order valence-electron chi connectivity index (χ1n) is 12.1. The number of aromatic hydroxyl groups is 1. The minimum Gasteiger partial charge on any atom is -0.503 e. The van der Waals surface area contributed by atoms with Crippen molar-refractivity contribution in [1.29, 1.82) is 0 Å². The van der Waals surface area contributed by atoms with Gasteiger partial charge in [0.15, 0.2) is 11.4 Å². The van der Waals surface area contributed by atoms with E-state index in [1.165, 1.54) is 19.9 Å². The zero-order valence-corrected chi connectivity index (χ0v) is 20.5. The summed E-state index contributed by atoms with van der Waals surface area (Å²) in [7, 11) is 0. The molecule has 2 N–H and O–H groups in total. The van der Waals surface area contributed by atoms with Crippen molar-refractivity contribution >= 4 is 5.91 Å². The second kappa shape index (κ2) is 10.4. The van der Waals surface area contributed by atoms with E-state index in [4.69, 9.17) is 0 Å². The largest absolute Gasteiger partial charge is 0.503 e. The molecule has 1 amide bonds. The fourth-order valence-corrected chi connectivity index (χ4v) is 5.12. The van der Waals surface area contributed by atoms with Crippen LogP contribution < -0.4 is 10.7 Å². The Morgan fingerprint density at radius 2 is 1.78 bits per heavy atom. The lowest BCUT2D eigenvalue weighted by Crippen LogP contribution is -2.59. The van der Waals surface area contributed by atoms with Gasteiger partial charge < -0.3 is 10.4 Å². The third-order valence-electron chi connectivity index (χ3n) is 7.17. The number of rotatable bonds is 8. The summed E-state index contributed by atoms with van der Waals surface area (Å²) in [6, 6.07) is 4.85. The molecule has 1 heterocycles. The predicted octanol–water partition coefficient (Wildman–Crippen LogP) is 5.72. The summed E-state index contributed by atoms with van der Waals surface area (Å²) >= 11 is 0. The first kappa shape index (κ1) is 28.5. The number of hydrogen-bond acceptors (Lipinski definition) is 4. The van der Waals surface area contributed by atoms with E-state index >= 15 is 0 Å². The maximum Gasteiger partial charge on any atom is 0.416 e. The van der Waals surface area contributed by atoms with Gasteiger partial charge in [-0.25, -0.2) is 0 Å². The Kier molecular flexibility index (Phi) is 7.99. The highest BCUT2D eigenvalue weighted by molar-refractivity contribution is 5.93. The van der Waals surface area contributed by atoms with Gasteiger partial charge in [0.1, 0.15) is 5.54 Å². The molecular formula is C25H29F6N3O3. The molecule has 1 aromatic carbocycles. The minimum atomic E-state index is -4.80. The Labute approximate surface area is 209 Å². The Hall–Kier alpha value is -3.05. The lowest BCUT2D eigenvalue weighted by atomic mass is 9.78. The third kappa shape index (κ3) is 5.77. The Bertz CT molecular complexity index is 1190. The molecule has 0 bridgehead atoms. The predicted molar refractivity (Wildman–Crippen MR) is 123 cm³/mol. The number of nitrogens with one attached hydrogen (secondary N) is 1. The van der Waals surface area contributed by atoms with Gasteiger partial charge in [-0.05, 0) is 37.3 Å². The zero-order chi connectivity index (χ0) is 27.6. The van der Waals surface area contributed by atoms with Crippen LogP contribution in [0.25, 0.3) is 0 Å². The molecule has 37 heavy (non-hydrogen) atoms. The number of halogens is 6. The van der Waals surface area contributed by atoms with Gasteiger partial charge in [-0.2, -0.15) is 31.4 Å². The van der Waals surface area contributed by atoms with Gasteiger partial charge in [-0.15, -0.1) is 0 Å². The number of carbonyl (C=O) groups excluding carboxylic acids is 1. The highest BCUT2D eigenvalue weighted by Gasteiger charge is 2.54. The van der Waals surface area contributed by atoms with Crippen LogP contribution in [0.15, 0.2) is 35.3 Å². The molecular weight excluding hydrogens is 504 g/mol. The van der Waals surface area contributed by atoms with Crippen molar-refractivity contribution in [3.05, 3.63) is 57.5 Å². The van der Waals surface area contributed by atoms with E-state index in [1.807, 2.05) is 5.32 Å². The Balaban J connectivity index is 2.01. The average Bonchev–Trinajstić information content (AvgIpc) is 3.29. The summed E-state index contributed by atoms with van der Waals surface area (Å²) < 4.78 is 82.7. The smallest absolute Gasteiger partial charge is 0.416 e. The molecule has 1 aromatic heterocycles. The van der Waals surface area contributed by atoms with Gasteiger partial charge in [0.2, 0.25) is 0 Å². The lowest BCUT2D eigenvalue weighted by molar-refractivity contribution is -0.196. The van der Waals surface area contributed by atoms with E-state index in [1.54, 1.807) is 6.07 Å². The van der Waals surface area contributed by atoms with Crippen molar-refractivity contribution in [3.63, 3.8) is 0 Å². The summed E-state index contributed by atoms with van der Waals surface area (Å²) in [5.74, 6) is -2.29. The molecule has 3 rings (SSSR count). The molecule has 1 atom stereocenters. The quantitative estimate of drug-likeness (QED) is 0.425. The summed E-state index contributed by atoms with van der Waals surface area (Å²) in [6.07, 6.45) is -6.86. The van der Waals surface area contributed by atoms with Gasteiger partial charge in [-0.3, -0.25) is 14.3 Å². The van der Waals surface area contributed by atoms with Gasteiger partial charge in [0.05, 0.1) is 18.3 Å². The maximum atomic E-state index is 13.9. The molecule has 1 fully saturated rings. The molecule has 204 valence electrons. The molecule has 0 radical (unpaired) electrons. The number of hydrogen-bond donors (Lipinski definition) is 2. The first-order valence-corrected chi connectivity index (χ1v) is 12.1. The summed E-state index contributed by atoms with van der Waals surface area (Å²) in [4.78, 5) is 25.4. The fraction of sp³-hybridized carbons (Fsp3) is 0.560. The van der Waals surface area contributed by atoms with Crippen molar-refractivity contribution in [2.24, 2.45) is 0 Å². The van der Waals surface area contributed by atoms with Gasteiger partial charge in [-0.1, -0.05) is 51.3 Å². The number of alkyl halides is 6. The molecule has 0 spiro atoms. The Morgan fingerprint density at radius 1 is 1.14 bits per heavy atom. The van der Waals surface area contributed by atoms with Gasteiger partial charge in [0, 0.05) is 5.41 Å². The van der Waals surface area contributed by atoms with Crippen LogP contribution in [0.5, 0.6) is 5.75 Å². The van der Waals surface area contributed by atoms with Crippen LogP contribution in [0.1, 0.15) is 80.4 Å². The average molecular weight is 534 g/mol. The molecule has 2 aromatic rings. The lowest BCUT2D eigenvalue weighted by Gasteiger charge is -2.35. The third-order valence-corrected chi connectivity index (χ3v) is 7.17. The molecule has 12 heteroatoms. The number of nitrogens with zero attached hydrogens (tertiary/aromatic N) is 2. The SMILES string of the molecule is CCCC(CC)(NC(=O)c1nn(CC2(c3cccc(C(F)(F)F)c3)CCCC2)cc(O)c1=O)C(F)(F)F. The maximum absolute atomic E-state index is 13.9. The molecule has 1 aliphatic carbocycles. The van der Waals surface area contributed by atoms with Crippen molar-refractivity contribution < 1.29 is 36.2 Å². The molecule has 0 saturated heterocycles. The molecule has 1 saturated carbocycles. The summed E-state index contributed by atoms with van der Waals surface area (Å²) in [5, 5.41) is 16.1. The highest BCUT2D eigenvalue weighted by atomic mass is 19.4. The van der Waals surface area contributed by atoms with E-state index in [9.17, 15) is 41.0 Å². The van der Waals surface area contributed by atoms with Crippen LogP contribution in [0.4, 0.5) is 26.3 Å². The fourth-order valence-electron chi connectivity index (χ4n) is 5.12. The first-order chi connectivity index (χ1) is 17.2. The number of amides is 1. The summed E-state index contributed by atoms with van der Waals surface area (Å²) in [6.45, 7) is 2.70. The standard InChI is InChI=1S/C25H29F6N3O3/c1-3-10-23(4-2,25(29,30)31)32-21(37)19-20(36)18(35)14-34(33-19)15-22(11-5-6-12-22)16-8-7-9-17(13-16)24(26,27)28/h7-9,13-14,35H,3-6,10-12,15H2,1-2H3,(H,32,37).